The van der Waals surface area contributed by atoms with E-state index < -0.39 is 11.7 Å². The Labute approximate surface area is 136 Å². The average molecular weight is 346 g/mol. The van der Waals surface area contributed by atoms with Crippen LogP contribution in [0.2, 0.25) is 5.02 Å². The van der Waals surface area contributed by atoms with E-state index in [-0.39, 0.29) is 22.8 Å². The molecule has 2 rings (SSSR count). The number of nitrogens with zero attached hydrogens (tertiary/aromatic N) is 3. The van der Waals surface area contributed by atoms with E-state index in [0.29, 0.717) is 6.42 Å². The van der Waals surface area contributed by atoms with Crippen molar-refractivity contribution >= 4 is 23.2 Å². The van der Waals surface area contributed by atoms with Crippen LogP contribution in [0.1, 0.15) is 32.1 Å². The summed E-state index contributed by atoms with van der Waals surface area (Å²) in [6.45, 7) is 3.40. The first-order chi connectivity index (χ1) is 10.8. The van der Waals surface area contributed by atoms with Gasteiger partial charge < -0.3 is 9.30 Å². The quantitative estimate of drug-likeness (QED) is 0.562. The molecule has 2 aromatic rings. The lowest BCUT2D eigenvalue weighted by atomic mass is 10.2. The van der Waals surface area contributed by atoms with Gasteiger partial charge in [0.25, 0.3) is 0 Å². The van der Waals surface area contributed by atoms with Crippen molar-refractivity contribution in [2.45, 2.75) is 32.7 Å². The first-order valence-electron chi connectivity index (χ1n) is 6.87. The lowest BCUT2D eigenvalue weighted by Crippen LogP contribution is -2.14. The lowest BCUT2D eigenvalue weighted by molar-refractivity contribution is -0.137. The summed E-state index contributed by atoms with van der Waals surface area (Å²) in [5, 5.41) is -0.000281. The van der Waals surface area contributed by atoms with Crippen molar-refractivity contribution in [3.05, 3.63) is 47.5 Å². The Balaban J connectivity index is 2.27. The Bertz CT molecular complexity index is 684. The second kappa shape index (κ2) is 7.04. The molecule has 0 bridgehead atoms. The molecule has 0 spiro atoms. The average Bonchev–Trinajstić information content (AvgIpc) is 2.99. The van der Waals surface area contributed by atoms with Crippen molar-refractivity contribution in [1.29, 1.82) is 0 Å². The van der Waals surface area contributed by atoms with Gasteiger partial charge >= 0.3 is 6.18 Å². The first kappa shape index (κ1) is 17.3. The number of ether oxygens (including phenoxy) is 1. The van der Waals surface area contributed by atoms with Gasteiger partial charge in [-0.1, -0.05) is 18.5 Å². The van der Waals surface area contributed by atoms with Gasteiger partial charge in [0.1, 0.15) is 0 Å². The number of halogens is 4. The maximum atomic E-state index is 13.0. The monoisotopic (exact) mass is 345 g/mol. The number of rotatable bonds is 4. The van der Waals surface area contributed by atoms with Crippen LogP contribution in [0, 0.1) is 0 Å². The van der Waals surface area contributed by atoms with Crippen molar-refractivity contribution in [2.75, 3.05) is 0 Å². The summed E-state index contributed by atoms with van der Waals surface area (Å²) in [7, 11) is 0. The van der Waals surface area contributed by atoms with Crippen LogP contribution in [0.5, 0.6) is 0 Å². The van der Waals surface area contributed by atoms with Gasteiger partial charge in [0.05, 0.1) is 17.6 Å². The molecule has 1 aromatic heterocycles. The molecule has 0 saturated carbocycles. The van der Waals surface area contributed by atoms with Crippen molar-refractivity contribution in [1.82, 2.24) is 9.55 Å². The normalized spacial score (nSPS) is 13.9. The number of benzene rings is 1. The largest absolute Gasteiger partial charge is 0.457 e. The van der Waals surface area contributed by atoms with E-state index in [1.807, 2.05) is 6.92 Å². The highest BCUT2D eigenvalue weighted by Crippen LogP contribution is 2.38. The molecule has 0 N–H and O–H groups in total. The fourth-order valence-corrected chi connectivity index (χ4v) is 2.19. The molecule has 1 heterocycles. The number of hydrogen-bond acceptors (Lipinski definition) is 3. The molecule has 8 heteroatoms. The number of aliphatic imine (C=N–C) groups is 1. The van der Waals surface area contributed by atoms with E-state index in [0.717, 1.165) is 6.07 Å². The highest BCUT2D eigenvalue weighted by atomic mass is 35.5. The zero-order valence-corrected chi connectivity index (χ0v) is 13.3. The Kier molecular flexibility index (Phi) is 5.30. The predicted octanol–water partition coefficient (Wildman–Crippen LogP) is 5.23. The second-order valence-electron chi connectivity index (χ2n) is 4.78. The van der Waals surface area contributed by atoms with E-state index >= 15 is 0 Å². The van der Waals surface area contributed by atoms with Crippen LogP contribution >= 0.6 is 11.6 Å². The van der Waals surface area contributed by atoms with E-state index in [9.17, 15) is 13.2 Å². The van der Waals surface area contributed by atoms with Gasteiger partial charge in [-0.3, -0.25) is 0 Å². The SMILES string of the molecule is CCC(OC(C)=Nc1ccc(Cl)cc1C(F)(F)F)n1ccnc1. The van der Waals surface area contributed by atoms with Crippen LogP contribution in [-0.2, 0) is 10.9 Å². The summed E-state index contributed by atoms with van der Waals surface area (Å²) in [4.78, 5) is 7.86. The molecule has 1 aromatic carbocycles. The summed E-state index contributed by atoms with van der Waals surface area (Å²) < 4.78 is 46.5. The van der Waals surface area contributed by atoms with E-state index in [2.05, 4.69) is 9.98 Å². The molecule has 0 aliphatic rings. The minimum absolute atomic E-state index is 0.000281. The zero-order valence-electron chi connectivity index (χ0n) is 12.5. The van der Waals surface area contributed by atoms with Crippen LogP contribution in [0.3, 0.4) is 0 Å². The van der Waals surface area contributed by atoms with Gasteiger partial charge in [-0.15, -0.1) is 0 Å². The molecule has 0 aliphatic heterocycles. The molecule has 1 atom stereocenters. The third-order valence-electron chi connectivity index (χ3n) is 3.06. The molecule has 1 unspecified atom stereocenters. The van der Waals surface area contributed by atoms with Crippen LogP contribution < -0.4 is 0 Å². The van der Waals surface area contributed by atoms with Crippen molar-refractivity contribution in [3.8, 4) is 0 Å². The molecule has 0 fully saturated rings. The number of hydrogen-bond donors (Lipinski definition) is 0. The molecular formula is C15H15ClF3N3O. The van der Waals surface area contributed by atoms with Gasteiger partial charge in [0, 0.05) is 30.8 Å². The number of alkyl halides is 3. The molecule has 0 saturated heterocycles. The highest BCUT2D eigenvalue weighted by Gasteiger charge is 2.34. The van der Waals surface area contributed by atoms with E-state index in [1.54, 1.807) is 23.3 Å². The summed E-state index contributed by atoms with van der Waals surface area (Å²) in [5.74, 6) is 0.123. The van der Waals surface area contributed by atoms with Gasteiger partial charge in [0.15, 0.2) is 12.1 Å². The maximum absolute atomic E-state index is 13.0. The van der Waals surface area contributed by atoms with Gasteiger partial charge in [0.2, 0.25) is 0 Å². The van der Waals surface area contributed by atoms with E-state index in [4.69, 9.17) is 16.3 Å². The van der Waals surface area contributed by atoms with Crippen molar-refractivity contribution in [2.24, 2.45) is 4.99 Å². The number of imidazole rings is 1. The molecule has 0 radical (unpaired) electrons. The third kappa shape index (κ3) is 4.48. The van der Waals surface area contributed by atoms with Gasteiger partial charge in [-0.2, -0.15) is 13.2 Å². The molecule has 0 amide bonds. The lowest BCUT2D eigenvalue weighted by Gasteiger charge is -2.18. The third-order valence-corrected chi connectivity index (χ3v) is 3.29. The Hall–Kier alpha value is -2.02. The second-order valence-corrected chi connectivity index (χ2v) is 5.22. The standard InChI is InChI=1S/C15H15ClF3N3O/c1-3-14(22-7-6-20-9-22)23-10(2)21-13-5-4-11(16)8-12(13)15(17,18)19/h4-9,14H,3H2,1-2H3. The molecule has 0 aliphatic carbocycles. The maximum Gasteiger partial charge on any atom is 0.418 e. The summed E-state index contributed by atoms with van der Waals surface area (Å²) >= 11 is 5.64. The van der Waals surface area contributed by atoms with Crippen LogP contribution in [0.4, 0.5) is 18.9 Å². The van der Waals surface area contributed by atoms with Crippen molar-refractivity contribution in [3.63, 3.8) is 0 Å². The minimum Gasteiger partial charge on any atom is -0.457 e. The topological polar surface area (TPSA) is 39.4 Å². The Morgan fingerprint density at radius 1 is 1.43 bits per heavy atom. The molecular weight excluding hydrogens is 331 g/mol. The van der Waals surface area contributed by atoms with Gasteiger partial charge in [-0.05, 0) is 18.2 Å². The van der Waals surface area contributed by atoms with Crippen LogP contribution in [0.15, 0.2) is 41.9 Å². The van der Waals surface area contributed by atoms with E-state index in [1.165, 1.54) is 19.1 Å². The van der Waals surface area contributed by atoms with Crippen LogP contribution in [0.25, 0.3) is 0 Å². The smallest absolute Gasteiger partial charge is 0.418 e. The molecule has 4 nitrogen and oxygen atoms in total. The Morgan fingerprint density at radius 2 is 2.17 bits per heavy atom. The molecule has 124 valence electrons. The van der Waals surface area contributed by atoms with Gasteiger partial charge in [-0.25, -0.2) is 9.98 Å². The minimum atomic E-state index is -4.54. The summed E-state index contributed by atoms with van der Waals surface area (Å²) in [6, 6.07) is 3.42. The summed E-state index contributed by atoms with van der Waals surface area (Å²) in [6.07, 6.45) is 0.562. The Morgan fingerprint density at radius 3 is 2.74 bits per heavy atom. The molecule has 23 heavy (non-hydrogen) atoms. The van der Waals surface area contributed by atoms with Crippen LogP contribution in [-0.4, -0.2) is 15.4 Å². The fourth-order valence-electron chi connectivity index (χ4n) is 2.02. The first-order valence-corrected chi connectivity index (χ1v) is 7.25. The fraction of sp³-hybridized carbons (Fsp3) is 0.333. The predicted molar refractivity (Wildman–Crippen MR) is 81.9 cm³/mol. The van der Waals surface area contributed by atoms with Crippen molar-refractivity contribution < 1.29 is 17.9 Å². The highest BCUT2D eigenvalue weighted by molar-refractivity contribution is 6.30. The number of aromatic nitrogens is 2. The zero-order chi connectivity index (χ0) is 17.0. The summed E-state index contributed by atoms with van der Waals surface area (Å²) in [5.41, 5.74) is -1.14.